The first-order chi connectivity index (χ1) is 16.1. The van der Waals surface area contributed by atoms with E-state index in [0.29, 0.717) is 24.5 Å². The molecular formula is C23H38N6O4S. The first-order valence-corrected chi connectivity index (χ1v) is 13.4. The van der Waals surface area contributed by atoms with Crippen LogP contribution in [-0.4, -0.2) is 65.6 Å². The summed E-state index contributed by atoms with van der Waals surface area (Å²) in [5, 5.41) is 7.07. The molecule has 0 fully saturated rings. The van der Waals surface area contributed by atoms with Crippen LogP contribution in [0, 0.1) is 0 Å². The number of nitrogens with one attached hydrogen (secondary N) is 2. The molecule has 0 saturated heterocycles. The van der Waals surface area contributed by atoms with Crippen molar-refractivity contribution < 1.29 is 17.9 Å². The molecule has 1 aromatic carbocycles. The SMILES string of the molecule is CCN(CC)CCCS(=O)(=O)N[C@H](Cc1ccccc1)c1nc(COC(=O)NC(C)C)n(C)n1. The topological polar surface area (TPSA) is 118 Å². The molecule has 0 aliphatic carbocycles. The summed E-state index contributed by atoms with van der Waals surface area (Å²) in [7, 11) is -1.88. The molecule has 10 nitrogen and oxygen atoms in total. The molecule has 0 unspecified atom stereocenters. The number of rotatable bonds is 14. The van der Waals surface area contributed by atoms with Crippen LogP contribution in [0.5, 0.6) is 0 Å². The van der Waals surface area contributed by atoms with Gasteiger partial charge < -0.3 is 15.0 Å². The van der Waals surface area contributed by atoms with Crippen LogP contribution < -0.4 is 10.0 Å². The van der Waals surface area contributed by atoms with E-state index in [1.165, 1.54) is 4.68 Å². The van der Waals surface area contributed by atoms with E-state index >= 15 is 0 Å². The second-order valence-electron chi connectivity index (χ2n) is 8.44. The lowest BCUT2D eigenvalue weighted by molar-refractivity contribution is 0.133. The zero-order valence-corrected chi connectivity index (χ0v) is 21.6. The van der Waals surface area contributed by atoms with E-state index in [9.17, 15) is 13.2 Å². The molecule has 0 radical (unpaired) electrons. The van der Waals surface area contributed by atoms with Crippen LogP contribution in [0.3, 0.4) is 0 Å². The molecule has 2 rings (SSSR count). The summed E-state index contributed by atoms with van der Waals surface area (Å²) in [4.78, 5) is 18.5. The number of amides is 1. The number of alkyl carbamates (subject to hydrolysis) is 1. The van der Waals surface area contributed by atoms with Crippen LogP contribution >= 0.6 is 0 Å². The molecule has 11 heteroatoms. The Kier molecular flexibility index (Phi) is 10.9. The van der Waals surface area contributed by atoms with Gasteiger partial charge in [-0.1, -0.05) is 44.2 Å². The van der Waals surface area contributed by atoms with Gasteiger partial charge in [0.05, 0.1) is 11.8 Å². The highest BCUT2D eigenvalue weighted by atomic mass is 32.2. The lowest BCUT2D eigenvalue weighted by atomic mass is 10.1. The molecule has 2 N–H and O–H groups in total. The second kappa shape index (κ2) is 13.4. The molecule has 1 heterocycles. The third-order valence-electron chi connectivity index (χ3n) is 5.31. The average molecular weight is 495 g/mol. The van der Waals surface area contributed by atoms with Gasteiger partial charge in [-0.25, -0.2) is 27.6 Å². The Balaban J connectivity index is 2.15. The van der Waals surface area contributed by atoms with Gasteiger partial charge in [-0.3, -0.25) is 0 Å². The van der Waals surface area contributed by atoms with Gasteiger partial charge in [-0.05, 0) is 51.9 Å². The van der Waals surface area contributed by atoms with E-state index < -0.39 is 22.2 Å². The Bertz CT molecular complexity index is 990. The first kappa shape index (κ1) is 27.7. The minimum Gasteiger partial charge on any atom is -0.441 e. The summed E-state index contributed by atoms with van der Waals surface area (Å²) >= 11 is 0. The number of nitrogens with zero attached hydrogens (tertiary/aromatic N) is 4. The molecule has 34 heavy (non-hydrogen) atoms. The largest absolute Gasteiger partial charge is 0.441 e. The summed E-state index contributed by atoms with van der Waals surface area (Å²) in [5.74, 6) is 0.779. The van der Waals surface area contributed by atoms with Gasteiger partial charge in [0.1, 0.15) is 0 Å². The van der Waals surface area contributed by atoms with Gasteiger partial charge in [-0.2, -0.15) is 5.10 Å². The minimum absolute atomic E-state index is 0.0208. The monoisotopic (exact) mass is 494 g/mol. The van der Waals surface area contributed by atoms with Crippen molar-refractivity contribution in [2.75, 3.05) is 25.4 Å². The van der Waals surface area contributed by atoms with E-state index in [-0.39, 0.29) is 18.4 Å². The quantitative estimate of drug-likeness (QED) is 0.414. The van der Waals surface area contributed by atoms with Crippen molar-refractivity contribution >= 4 is 16.1 Å². The fourth-order valence-electron chi connectivity index (χ4n) is 3.45. The Morgan fingerprint density at radius 2 is 1.85 bits per heavy atom. The maximum absolute atomic E-state index is 12.9. The Labute approximate surface area is 203 Å². The molecule has 0 bridgehead atoms. The Morgan fingerprint density at radius 3 is 2.47 bits per heavy atom. The summed E-state index contributed by atoms with van der Waals surface area (Å²) in [6.45, 7) is 10.2. The molecule has 0 saturated carbocycles. The van der Waals surface area contributed by atoms with Crippen molar-refractivity contribution in [2.45, 2.75) is 59.2 Å². The second-order valence-corrected chi connectivity index (χ2v) is 10.3. The zero-order valence-electron chi connectivity index (χ0n) is 20.8. The number of aryl methyl sites for hydroxylation is 1. The van der Waals surface area contributed by atoms with Crippen LogP contribution in [0.15, 0.2) is 30.3 Å². The fourth-order valence-corrected chi connectivity index (χ4v) is 4.70. The third kappa shape index (κ3) is 9.40. The van der Waals surface area contributed by atoms with Gasteiger partial charge in [0.15, 0.2) is 18.3 Å². The van der Waals surface area contributed by atoms with Gasteiger partial charge in [0, 0.05) is 13.1 Å². The van der Waals surface area contributed by atoms with Crippen LogP contribution in [0.1, 0.15) is 57.4 Å². The third-order valence-corrected chi connectivity index (χ3v) is 6.78. The van der Waals surface area contributed by atoms with E-state index in [1.54, 1.807) is 7.05 Å². The number of ether oxygens (including phenoxy) is 1. The van der Waals surface area contributed by atoms with Crippen LogP contribution in [0.2, 0.25) is 0 Å². The standard InChI is InChI=1S/C23H38N6O4S/c1-6-29(7-2)14-11-15-34(31,32)27-20(16-19-12-9-8-10-13-19)22-25-21(28(5)26-22)17-33-23(30)24-18(3)4/h8-10,12-13,18,20,27H,6-7,11,14-17H2,1-5H3,(H,24,30)/t20-/m1/s1. The zero-order chi connectivity index (χ0) is 25.1. The Morgan fingerprint density at radius 1 is 1.18 bits per heavy atom. The van der Waals surface area contributed by atoms with Crippen LogP contribution in [0.4, 0.5) is 4.79 Å². The molecule has 0 aliphatic heterocycles. The predicted octanol–water partition coefficient (Wildman–Crippen LogP) is 2.38. The summed E-state index contributed by atoms with van der Waals surface area (Å²) in [6.07, 6.45) is 0.387. The van der Waals surface area contributed by atoms with E-state index in [1.807, 2.05) is 44.2 Å². The number of carbonyl (C=O) groups is 1. The molecule has 190 valence electrons. The molecule has 1 amide bonds. The number of hydrogen-bond donors (Lipinski definition) is 2. The highest BCUT2D eigenvalue weighted by Gasteiger charge is 2.25. The maximum Gasteiger partial charge on any atom is 0.407 e. The smallest absolute Gasteiger partial charge is 0.407 e. The van der Waals surface area contributed by atoms with Crippen molar-refractivity contribution in [1.82, 2.24) is 29.7 Å². The molecule has 0 aliphatic rings. The number of hydrogen-bond acceptors (Lipinski definition) is 7. The predicted molar refractivity (Wildman–Crippen MR) is 132 cm³/mol. The number of aromatic nitrogens is 3. The lowest BCUT2D eigenvalue weighted by Crippen LogP contribution is -2.34. The van der Waals surface area contributed by atoms with E-state index in [4.69, 9.17) is 4.74 Å². The van der Waals surface area contributed by atoms with Crippen molar-refractivity contribution in [3.05, 3.63) is 47.5 Å². The van der Waals surface area contributed by atoms with Crippen molar-refractivity contribution in [2.24, 2.45) is 7.05 Å². The molecule has 1 aromatic heterocycles. The molecular weight excluding hydrogens is 456 g/mol. The average Bonchev–Trinajstić information content (AvgIpc) is 3.15. The van der Waals surface area contributed by atoms with Crippen LogP contribution in [-0.2, 0) is 34.8 Å². The first-order valence-electron chi connectivity index (χ1n) is 11.7. The van der Waals surface area contributed by atoms with Gasteiger partial charge >= 0.3 is 6.09 Å². The Hall–Kier alpha value is -2.50. The number of carbonyl (C=O) groups excluding carboxylic acids is 1. The van der Waals surface area contributed by atoms with Crippen molar-refractivity contribution in [1.29, 1.82) is 0 Å². The molecule has 0 spiro atoms. The summed E-state index contributed by atoms with van der Waals surface area (Å²) in [6, 6.07) is 8.90. The fraction of sp³-hybridized carbons (Fsp3) is 0.609. The van der Waals surface area contributed by atoms with Crippen LogP contribution in [0.25, 0.3) is 0 Å². The van der Waals surface area contributed by atoms with E-state index in [2.05, 4.69) is 38.9 Å². The van der Waals surface area contributed by atoms with Gasteiger partial charge in [0.2, 0.25) is 10.0 Å². The highest BCUT2D eigenvalue weighted by molar-refractivity contribution is 7.89. The maximum atomic E-state index is 12.9. The number of sulfonamides is 1. The van der Waals surface area contributed by atoms with Crippen molar-refractivity contribution in [3.63, 3.8) is 0 Å². The summed E-state index contributed by atoms with van der Waals surface area (Å²) < 4.78 is 35.3. The van der Waals surface area contributed by atoms with E-state index in [0.717, 1.165) is 25.2 Å². The highest BCUT2D eigenvalue weighted by Crippen LogP contribution is 2.18. The minimum atomic E-state index is -3.57. The molecule has 2 aromatic rings. The lowest BCUT2D eigenvalue weighted by Gasteiger charge is -2.19. The van der Waals surface area contributed by atoms with Gasteiger partial charge in [-0.15, -0.1) is 0 Å². The number of benzene rings is 1. The van der Waals surface area contributed by atoms with Crippen molar-refractivity contribution in [3.8, 4) is 0 Å². The molecule has 1 atom stereocenters. The summed E-state index contributed by atoms with van der Waals surface area (Å²) in [5.41, 5.74) is 0.958. The van der Waals surface area contributed by atoms with Gasteiger partial charge in [0.25, 0.3) is 0 Å². The normalized spacial score (nSPS) is 12.8.